The predicted octanol–water partition coefficient (Wildman–Crippen LogP) is 1.35. The van der Waals surface area contributed by atoms with Crippen molar-refractivity contribution in [2.24, 2.45) is 0 Å². The van der Waals surface area contributed by atoms with Crippen molar-refractivity contribution in [3.05, 3.63) is 34.3 Å². The first-order valence-electron chi connectivity index (χ1n) is 6.77. The molecule has 1 N–H and O–H groups in total. The van der Waals surface area contributed by atoms with Gasteiger partial charge in [-0.25, -0.2) is 0 Å². The van der Waals surface area contributed by atoms with Crippen LogP contribution in [-0.2, 0) is 16.1 Å². The average molecular weight is 359 g/mol. The van der Waals surface area contributed by atoms with Crippen LogP contribution < -0.4 is 0 Å². The molecule has 0 aliphatic heterocycles. The summed E-state index contributed by atoms with van der Waals surface area (Å²) in [4.78, 5) is 15.6. The van der Waals surface area contributed by atoms with Crippen molar-refractivity contribution in [2.45, 2.75) is 12.6 Å². The number of hydrogen-bond acceptors (Lipinski definition) is 4. The highest BCUT2D eigenvalue weighted by molar-refractivity contribution is 9.10. The molecule has 118 valence electrons. The van der Waals surface area contributed by atoms with Crippen molar-refractivity contribution >= 4 is 21.8 Å². The maximum atomic E-state index is 12.2. The van der Waals surface area contributed by atoms with Crippen LogP contribution in [0.4, 0.5) is 0 Å². The zero-order valence-corrected chi connectivity index (χ0v) is 14.3. The van der Waals surface area contributed by atoms with Gasteiger partial charge in [-0.15, -0.1) is 0 Å². The first-order chi connectivity index (χ1) is 9.93. The number of aliphatic hydroxyl groups excluding tert-OH is 1. The van der Waals surface area contributed by atoms with E-state index in [4.69, 9.17) is 4.74 Å². The Morgan fingerprint density at radius 2 is 2.05 bits per heavy atom. The summed E-state index contributed by atoms with van der Waals surface area (Å²) in [5.74, 6) is 0.0119. The van der Waals surface area contributed by atoms with E-state index in [1.807, 2.05) is 31.3 Å². The fourth-order valence-electron chi connectivity index (χ4n) is 1.99. The molecule has 1 atom stereocenters. The Kier molecular flexibility index (Phi) is 7.88. The number of carbonyl (C=O) groups is 1. The number of hydrogen-bond donors (Lipinski definition) is 1. The largest absolute Gasteiger partial charge is 0.389 e. The van der Waals surface area contributed by atoms with Gasteiger partial charge in [0.1, 0.15) is 0 Å². The maximum absolute atomic E-state index is 12.2. The zero-order valence-electron chi connectivity index (χ0n) is 12.8. The number of aliphatic hydroxyl groups is 1. The third kappa shape index (κ3) is 6.56. The van der Waals surface area contributed by atoms with E-state index in [0.29, 0.717) is 13.1 Å². The molecule has 21 heavy (non-hydrogen) atoms. The summed E-state index contributed by atoms with van der Waals surface area (Å²) in [6.45, 7) is 1.49. The van der Waals surface area contributed by atoms with Crippen molar-refractivity contribution in [1.29, 1.82) is 0 Å². The number of ether oxygens (including phenoxy) is 1. The normalized spacial score (nSPS) is 12.5. The number of methoxy groups -OCH3 is 1. The van der Waals surface area contributed by atoms with Crippen molar-refractivity contribution < 1.29 is 14.6 Å². The SMILES string of the molecule is COCC(O)CN(C)CC(=O)N(C)Cc1ccccc1Br. The van der Waals surface area contributed by atoms with Gasteiger partial charge in [-0.05, 0) is 18.7 Å². The lowest BCUT2D eigenvalue weighted by Gasteiger charge is -2.23. The minimum Gasteiger partial charge on any atom is -0.389 e. The molecule has 0 bridgehead atoms. The highest BCUT2D eigenvalue weighted by Gasteiger charge is 2.15. The number of carbonyl (C=O) groups excluding carboxylic acids is 1. The van der Waals surface area contributed by atoms with Gasteiger partial charge in [0.05, 0.1) is 19.3 Å². The molecule has 1 rings (SSSR count). The number of amides is 1. The monoisotopic (exact) mass is 358 g/mol. The minimum absolute atomic E-state index is 0.0119. The molecule has 0 aromatic heterocycles. The Hall–Kier alpha value is -0.950. The molecule has 0 saturated heterocycles. The summed E-state index contributed by atoms with van der Waals surface area (Å²) < 4.78 is 5.87. The van der Waals surface area contributed by atoms with E-state index < -0.39 is 6.10 Å². The number of nitrogens with zero attached hydrogens (tertiary/aromatic N) is 2. The van der Waals surface area contributed by atoms with Crippen LogP contribution in [0.2, 0.25) is 0 Å². The lowest BCUT2D eigenvalue weighted by molar-refractivity contribution is -0.131. The topological polar surface area (TPSA) is 53.0 Å². The molecule has 0 aliphatic carbocycles. The summed E-state index contributed by atoms with van der Waals surface area (Å²) in [5, 5.41) is 9.64. The zero-order chi connectivity index (χ0) is 15.8. The second kappa shape index (κ2) is 9.15. The van der Waals surface area contributed by atoms with E-state index in [1.165, 1.54) is 0 Å². The van der Waals surface area contributed by atoms with Crippen LogP contribution in [0.1, 0.15) is 5.56 Å². The molecule has 1 aromatic rings. The highest BCUT2D eigenvalue weighted by Crippen LogP contribution is 2.17. The summed E-state index contributed by atoms with van der Waals surface area (Å²) in [7, 11) is 5.13. The Bertz CT molecular complexity index is 456. The summed E-state index contributed by atoms with van der Waals surface area (Å²) in [6.07, 6.45) is -0.582. The van der Waals surface area contributed by atoms with E-state index in [1.54, 1.807) is 24.0 Å². The number of rotatable bonds is 8. The van der Waals surface area contributed by atoms with Gasteiger partial charge >= 0.3 is 0 Å². The third-order valence-corrected chi connectivity index (χ3v) is 3.85. The average Bonchev–Trinajstić information content (AvgIpc) is 2.41. The van der Waals surface area contributed by atoms with Crippen molar-refractivity contribution in [3.8, 4) is 0 Å². The standard InChI is InChI=1S/C15H23BrN2O3/c1-17(9-13(19)11-21-3)10-15(20)18(2)8-12-6-4-5-7-14(12)16/h4-7,13,19H,8-11H2,1-3H3. The van der Waals surface area contributed by atoms with Gasteiger partial charge in [-0.3, -0.25) is 9.69 Å². The number of benzene rings is 1. The van der Waals surface area contributed by atoms with Gasteiger partial charge in [0.25, 0.3) is 0 Å². The van der Waals surface area contributed by atoms with Gasteiger partial charge < -0.3 is 14.7 Å². The van der Waals surface area contributed by atoms with E-state index >= 15 is 0 Å². The van der Waals surface area contributed by atoms with Crippen LogP contribution in [0.3, 0.4) is 0 Å². The smallest absolute Gasteiger partial charge is 0.236 e. The third-order valence-electron chi connectivity index (χ3n) is 3.08. The van der Waals surface area contributed by atoms with E-state index in [-0.39, 0.29) is 19.1 Å². The van der Waals surface area contributed by atoms with Crippen molar-refractivity contribution in [3.63, 3.8) is 0 Å². The first kappa shape index (κ1) is 18.1. The van der Waals surface area contributed by atoms with Crippen LogP contribution in [0, 0.1) is 0 Å². The molecule has 1 unspecified atom stereocenters. The van der Waals surface area contributed by atoms with Crippen LogP contribution in [0.5, 0.6) is 0 Å². The molecule has 0 spiro atoms. The van der Waals surface area contributed by atoms with Gasteiger partial charge in [0, 0.05) is 31.7 Å². The summed E-state index contributed by atoms with van der Waals surface area (Å²) in [6, 6.07) is 7.84. The Balaban J connectivity index is 2.46. The molecular weight excluding hydrogens is 336 g/mol. The minimum atomic E-state index is -0.582. The molecular formula is C15H23BrN2O3. The molecule has 0 saturated carbocycles. The van der Waals surface area contributed by atoms with E-state index in [2.05, 4.69) is 15.9 Å². The van der Waals surface area contributed by atoms with Gasteiger partial charge in [-0.2, -0.15) is 0 Å². The van der Waals surface area contributed by atoms with E-state index in [9.17, 15) is 9.90 Å². The van der Waals surface area contributed by atoms with Crippen molar-refractivity contribution in [2.75, 3.05) is 40.9 Å². The molecule has 1 aromatic carbocycles. The van der Waals surface area contributed by atoms with Crippen LogP contribution in [0.25, 0.3) is 0 Å². The molecule has 6 heteroatoms. The van der Waals surface area contributed by atoms with Crippen LogP contribution in [-0.4, -0.2) is 67.8 Å². The van der Waals surface area contributed by atoms with Gasteiger partial charge in [0.15, 0.2) is 0 Å². The molecule has 0 radical (unpaired) electrons. The Morgan fingerprint density at radius 1 is 1.38 bits per heavy atom. The molecule has 0 fully saturated rings. The predicted molar refractivity (Wildman–Crippen MR) is 86.0 cm³/mol. The first-order valence-corrected chi connectivity index (χ1v) is 7.56. The second-order valence-electron chi connectivity index (χ2n) is 5.15. The summed E-state index contributed by atoms with van der Waals surface area (Å²) in [5.41, 5.74) is 1.07. The van der Waals surface area contributed by atoms with Gasteiger partial charge in [0.2, 0.25) is 5.91 Å². The number of likely N-dealkylation sites (N-methyl/N-ethyl adjacent to an activating group) is 2. The van der Waals surface area contributed by atoms with Crippen LogP contribution in [0.15, 0.2) is 28.7 Å². The molecule has 0 aliphatic rings. The van der Waals surface area contributed by atoms with Crippen LogP contribution >= 0.6 is 15.9 Å². The lowest BCUT2D eigenvalue weighted by atomic mass is 10.2. The lowest BCUT2D eigenvalue weighted by Crippen LogP contribution is -2.40. The fourth-order valence-corrected chi connectivity index (χ4v) is 2.40. The Morgan fingerprint density at radius 3 is 2.67 bits per heavy atom. The molecule has 5 nitrogen and oxygen atoms in total. The maximum Gasteiger partial charge on any atom is 0.236 e. The summed E-state index contributed by atoms with van der Waals surface area (Å²) >= 11 is 3.48. The van der Waals surface area contributed by atoms with E-state index in [0.717, 1.165) is 10.0 Å². The highest BCUT2D eigenvalue weighted by atomic mass is 79.9. The van der Waals surface area contributed by atoms with Crippen molar-refractivity contribution in [1.82, 2.24) is 9.80 Å². The molecule has 0 heterocycles. The Labute approximate surface area is 134 Å². The number of halogens is 1. The second-order valence-corrected chi connectivity index (χ2v) is 6.00. The molecule has 1 amide bonds. The van der Waals surface area contributed by atoms with Gasteiger partial charge in [-0.1, -0.05) is 34.1 Å². The fraction of sp³-hybridized carbons (Fsp3) is 0.533. The quantitative estimate of drug-likeness (QED) is 0.761.